The van der Waals surface area contributed by atoms with E-state index in [0.717, 1.165) is 38.8 Å². The molecule has 6 aromatic rings. The first-order valence-corrected chi connectivity index (χ1v) is 9.41. The zero-order valence-corrected chi connectivity index (χ0v) is 15.1. The zero-order chi connectivity index (χ0) is 18.5. The fourth-order valence-electron chi connectivity index (χ4n) is 4.09. The second-order valence-corrected chi connectivity index (χ2v) is 7.07. The van der Waals surface area contributed by atoms with Gasteiger partial charge in [-0.15, -0.1) is 0 Å². The number of benzene rings is 3. The number of hydrogen-bond acceptors (Lipinski definition) is 1. The molecule has 0 aliphatic carbocycles. The van der Waals surface area contributed by atoms with Crippen molar-refractivity contribution >= 4 is 32.7 Å². The van der Waals surface area contributed by atoms with Crippen LogP contribution in [0, 0.1) is 0 Å². The molecule has 3 nitrogen and oxygen atoms in total. The Labute approximate surface area is 161 Å². The minimum absolute atomic E-state index is 1.00. The number of rotatable bonds is 2. The van der Waals surface area contributed by atoms with Crippen LogP contribution in [-0.2, 0) is 0 Å². The number of nitrogens with one attached hydrogen (secondary N) is 2. The molecular formula is C25H17N3. The van der Waals surface area contributed by atoms with Crippen molar-refractivity contribution in [3.05, 3.63) is 91.3 Å². The van der Waals surface area contributed by atoms with Crippen LogP contribution in [0.3, 0.4) is 0 Å². The number of pyridine rings is 1. The highest BCUT2D eigenvalue weighted by molar-refractivity contribution is 6.05. The maximum Gasteiger partial charge on any atom is 0.0810 e. The van der Waals surface area contributed by atoms with Crippen LogP contribution in [-0.4, -0.2) is 15.0 Å². The Bertz CT molecular complexity index is 1360. The second kappa shape index (κ2) is 5.83. The molecule has 28 heavy (non-hydrogen) atoms. The molecule has 6 rings (SSSR count). The SMILES string of the molecule is c1ccc2nc(-c3c[nH]c4ccccc34)c(-c3c[nH]c4ccccc34)cc2c1. The lowest BCUT2D eigenvalue weighted by atomic mass is 9.97. The van der Waals surface area contributed by atoms with E-state index in [-0.39, 0.29) is 0 Å². The van der Waals surface area contributed by atoms with Crippen LogP contribution in [0.5, 0.6) is 0 Å². The van der Waals surface area contributed by atoms with Crippen LogP contribution >= 0.6 is 0 Å². The van der Waals surface area contributed by atoms with E-state index in [1.807, 2.05) is 6.07 Å². The normalized spacial score (nSPS) is 11.6. The number of nitrogens with zero attached hydrogens (tertiary/aromatic N) is 1. The first-order valence-electron chi connectivity index (χ1n) is 9.41. The van der Waals surface area contributed by atoms with E-state index in [4.69, 9.17) is 4.98 Å². The second-order valence-electron chi connectivity index (χ2n) is 7.07. The van der Waals surface area contributed by atoms with Crippen molar-refractivity contribution in [2.75, 3.05) is 0 Å². The van der Waals surface area contributed by atoms with Gasteiger partial charge in [0.2, 0.25) is 0 Å². The molecule has 0 bridgehead atoms. The van der Waals surface area contributed by atoms with Gasteiger partial charge in [0.1, 0.15) is 0 Å². The summed E-state index contributed by atoms with van der Waals surface area (Å²) >= 11 is 0. The third-order valence-corrected chi connectivity index (χ3v) is 5.45. The number of para-hydroxylation sites is 3. The summed E-state index contributed by atoms with van der Waals surface area (Å²) in [6.07, 6.45) is 4.16. The van der Waals surface area contributed by atoms with Crippen molar-refractivity contribution in [2.24, 2.45) is 0 Å². The molecule has 0 saturated carbocycles. The molecule has 0 atom stereocenters. The average molecular weight is 359 g/mol. The quantitative estimate of drug-likeness (QED) is 0.363. The summed E-state index contributed by atoms with van der Waals surface area (Å²) in [6, 6.07) is 27.4. The van der Waals surface area contributed by atoms with Crippen LogP contribution in [0.2, 0.25) is 0 Å². The van der Waals surface area contributed by atoms with Gasteiger partial charge in [-0.1, -0.05) is 54.6 Å². The Morgan fingerprint density at radius 3 is 1.96 bits per heavy atom. The number of hydrogen-bond donors (Lipinski definition) is 2. The largest absolute Gasteiger partial charge is 0.361 e. The molecule has 132 valence electrons. The Kier molecular flexibility index (Phi) is 3.17. The molecule has 3 heteroatoms. The molecule has 0 aliphatic rings. The third kappa shape index (κ3) is 2.20. The molecular weight excluding hydrogens is 342 g/mol. The smallest absolute Gasteiger partial charge is 0.0810 e. The molecule has 0 aliphatic heterocycles. The molecule has 0 radical (unpaired) electrons. The monoisotopic (exact) mass is 359 g/mol. The maximum absolute atomic E-state index is 5.10. The highest BCUT2D eigenvalue weighted by Gasteiger charge is 2.17. The van der Waals surface area contributed by atoms with Crippen molar-refractivity contribution in [3.8, 4) is 22.4 Å². The van der Waals surface area contributed by atoms with Crippen LogP contribution in [0.4, 0.5) is 0 Å². The van der Waals surface area contributed by atoms with E-state index in [2.05, 4.69) is 95.2 Å². The lowest BCUT2D eigenvalue weighted by molar-refractivity contribution is 1.39. The Balaban J connectivity index is 1.73. The van der Waals surface area contributed by atoms with E-state index < -0.39 is 0 Å². The van der Waals surface area contributed by atoms with Gasteiger partial charge in [-0.3, -0.25) is 0 Å². The Morgan fingerprint density at radius 1 is 0.571 bits per heavy atom. The van der Waals surface area contributed by atoms with Gasteiger partial charge in [-0.25, -0.2) is 4.98 Å². The van der Waals surface area contributed by atoms with Crippen molar-refractivity contribution in [2.45, 2.75) is 0 Å². The number of H-pyrrole nitrogens is 2. The molecule has 3 aromatic heterocycles. The summed E-state index contributed by atoms with van der Waals surface area (Å²) in [6.45, 7) is 0. The van der Waals surface area contributed by atoms with E-state index in [1.54, 1.807) is 0 Å². The molecule has 3 aromatic carbocycles. The molecule has 2 N–H and O–H groups in total. The van der Waals surface area contributed by atoms with Crippen LogP contribution in [0.25, 0.3) is 55.1 Å². The number of fused-ring (bicyclic) bond motifs is 3. The summed E-state index contributed by atoms with van der Waals surface area (Å²) < 4.78 is 0. The van der Waals surface area contributed by atoms with Crippen molar-refractivity contribution in [1.82, 2.24) is 15.0 Å². The molecule has 3 heterocycles. The highest BCUT2D eigenvalue weighted by Crippen LogP contribution is 2.39. The molecule has 0 unspecified atom stereocenters. The van der Waals surface area contributed by atoms with Gasteiger partial charge in [0.25, 0.3) is 0 Å². The summed E-state index contributed by atoms with van der Waals surface area (Å²) in [4.78, 5) is 11.9. The van der Waals surface area contributed by atoms with Gasteiger partial charge in [0.15, 0.2) is 0 Å². The van der Waals surface area contributed by atoms with Crippen LogP contribution in [0.1, 0.15) is 0 Å². The third-order valence-electron chi connectivity index (χ3n) is 5.45. The summed E-state index contributed by atoms with van der Waals surface area (Å²) in [7, 11) is 0. The van der Waals surface area contributed by atoms with E-state index in [9.17, 15) is 0 Å². The lowest BCUT2D eigenvalue weighted by Crippen LogP contribution is -1.90. The van der Waals surface area contributed by atoms with Gasteiger partial charge < -0.3 is 9.97 Å². The van der Waals surface area contributed by atoms with Crippen molar-refractivity contribution < 1.29 is 0 Å². The average Bonchev–Trinajstić information content (AvgIpc) is 3.37. The minimum Gasteiger partial charge on any atom is -0.361 e. The maximum atomic E-state index is 5.10. The molecule has 0 saturated heterocycles. The van der Waals surface area contributed by atoms with Crippen LogP contribution in [0.15, 0.2) is 91.3 Å². The summed E-state index contributed by atoms with van der Waals surface area (Å²) in [5.74, 6) is 0. The van der Waals surface area contributed by atoms with Gasteiger partial charge in [-0.05, 0) is 24.3 Å². The fourth-order valence-corrected chi connectivity index (χ4v) is 4.09. The van der Waals surface area contributed by atoms with Gasteiger partial charge >= 0.3 is 0 Å². The summed E-state index contributed by atoms with van der Waals surface area (Å²) in [5.41, 5.74) is 7.71. The number of aromatic amines is 2. The van der Waals surface area contributed by atoms with Gasteiger partial charge in [-0.2, -0.15) is 0 Å². The Morgan fingerprint density at radius 2 is 1.18 bits per heavy atom. The molecule has 0 fully saturated rings. The molecule has 0 spiro atoms. The first-order chi connectivity index (χ1) is 13.9. The Hall–Kier alpha value is -3.85. The van der Waals surface area contributed by atoms with Crippen molar-refractivity contribution in [1.29, 1.82) is 0 Å². The first kappa shape index (κ1) is 15.2. The van der Waals surface area contributed by atoms with E-state index in [1.165, 1.54) is 16.3 Å². The molecule has 0 amide bonds. The predicted octanol–water partition coefficient (Wildman–Crippen LogP) is 6.53. The predicted molar refractivity (Wildman–Crippen MR) is 116 cm³/mol. The topological polar surface area (TPSA) is 44.5 Å². The van der Waals surface area contributed by atoms with Gasteiger partial charge in [0, 0.05) is 56.3 Å². The fraction of sp³-hybridized carbons (Fsp3) is 0. The standard InChI is InChI=1S/C25H17N3/c1-4-10-22-16(7-1)13-19(20-14-26-23-11-5-2-8-17(20)23)25(28-22)21-15-27-24-12-6-3-9-18(21)24/h1-15,26-27H. The number of aromatic nitrogens is 3. The van der Waals surface area contributed by atoms with E-state index in [0.29, 0.717) is 0 Å². The summed E-state index contributed by atoms with van der Waals surface area (Å²) in [5, 5.41) is 3.54. The zero-order valence-electron chi connectivity index (χ0n) is 15.1. The minimum atomic E-state index is 1.00. The van der Waals surface area contributed by atoms with Gasteiger partial charge in [0.05, 0.1) is 11.2 Å². The highest BCUT2D eigenvalue weighted by atomic mass is 14.7. The van der Waals surface area contributed by atoms with E-state index >= 15 is 0 Å². The van der Waals surface area contributed by atoms with Crippen LogP contribution < -0.4 is 0 Å². The van der Waals surface area contributed by atoms with Crippen molar-refractivity contribution in [3.63, 3.8) is 0 Å². The lowest BCUT2D eigenvalue weighted by Gasteiger charge is -2.10.